The summed E-state index contributed by atoms with van der Waals surface area (Å²) in [6.07, 6.45) is -8.89. The summed E-state index contributed by atoms with van der Waals surface area (Å²) < 4.78 is 79.8. The first-order chi connectivity index (χ1) is 20.9. The van der Waals surface area contributed by atoms with Crippen molar-refractivity contribution < 1.29 is 36.2 Å². The summed E-state index contributed by atoms with van der Waals surface area (Å²) in [5.41, 5.74) is -0.482. The number of hydrogen-bond acceptors (Lipinski definition) is 1. The van der Waals surface area contributed by atoms with E-state index in [4.69, 9.17) is 0 Å². The Balaban J connectivity index is 1.58. The fourth-order valence-electron chi connectivity index (χ4n) is 6.30. The number of hydrogen-bond donors (Lipinski definition) is 1. The molecule has 0 aromatic heterocycles. The number of alkyl halides is 6. The van der Waals surface area contributed by atoms with Crippen LogP contribution in [0.25, 0.3) is 22.3 Å². The van der Waals surface area contributed by atoms with Crippen molar-refractivity contribution in [3.8, 4) is 22.3 Å². The van der Waals surface area contributed by atoms with E-state index in [-0.39, 0.29) is 6.42 Å². The molecule has 1 aliphatic rings. The van der Waals surface area contributed by atoms with Crippen LogP contribution in [0.1, 0.15) is 34.2 Å². The van der Waals surface area contributed by atoms with Crippen molar-refractivity contribution >= 4 is 5.97 Å². The molecule has 0 radical (unpaired) electrons. The number of benzene rings is 5. The first-order valence-electron chi connectivity index (χ1n) is 13.7. The van der Waals surface area contributed by atoms with Gasteiger partial charge in [-0.05, 0) is 87.8 Å². The zero-order valence-electron chi connectivity index (χ0n) is 23.0. The molecule has 1 fully saturated rings. The van der Waals surface area contributed by atoms with Crippen LogP contribution in [-0.4, -0.2) is 11.1 Å². The molecule has 1 aliphatic carbocycles. The highest BCUT2D eigenvalue weighted by Crippen LogP contribution is 2.69. The van der Waals surface area contributed by atoms with Gasteiger partial charge >= 0.3 is 18.3 Å². The Bertz CT molecular complexity index is 1700. The van der Waals surface area contributed by atoms with Gasteiger partial charge in [0.05, 0.1) is 11.1 Å². The van der Waals surface area contributed by atoms with Crippen molar-refractivity contribution in [2.24, 2.45) is 0 Å². The van der Waals surface area contributed by atoms with Gasteiger partial charge in [-0.2, -0.15) is 26.3 Å². The van der Waals surface area contributed by atoms with E-state index >= 15 is 0 Å². The van der Waals surface area contributed by atoms with Crippen LogP contribution in [0.2, 0.25) is 0 Å². The number of rotatable bonds is 6. The third-order valence-electron chi connectivity index (χ3n) is 8.55. The summed E-state index contributed by atoms with van der Waals surface area (Å²) in [5.74, 6) is -1.09. The Morgan fingerprint density at radius 3 is 1.25 bits per heavy atom. The number of carboxylic acid groups (broad SMARTS) is 1. The summed E-state index contributed by atoms with van der Waals surface area (Å²) in [7, 11) is 0. The second-order valence-corrected chi connectivity index (χ2v) is 11.0. The predicted octanol–water partition coefficient (Wildman–Crippen LogP) is 9.77. The molecule has 8 heteroatoms. The highest BCUT2D eigenvalue weighted by atomic mass is 19.4. The van der Waals surface area contributed by atoms with Gasteiger partial charge in [0.25, 0.3) is 0 Å². The highest BCUT2D eigenvalue weighted by molar-refractivity contribution is 5.93. The molecule has 0 amide bonds. The van der Waals surface area contributed by atoms with Gasteiger partial charge in [-0.1, -0.05) is 84.9 Å². The third-order valence-corrected chi connectivity index (χ3v) is 8.55. The number of carboxylic acids is 1. The molecule has 0 aliphatic heterocycles. The molecular formula is C36H24F6O2. The lowest BCUT2D eigenvalue weighted by molar-refractivity contribution is -0.140. The maximum Gasteiger partial charge on any atom is 0.416 e. The molecule has 1 N–H and O–H groups in total. The van der Waals surface area contributed by atoms with Gasteiger partial charge in [0.2, 0.25) is 0 Å². The molecular weight excluding hydrogens is 578 g/mol. The fraction of sp³-hybridized carbons (Fsp3) is 0.139. The number of halogens is 6. The summed E-state index contributed by atoms with van der Waals surface area (Å²) in [6, 6.07) is 32.5. The van der Waals surface area contributed by atoms with Crippen LogP contribution >= 0.6 is 0 Å². The van der Waals surface area contributed by atoms with Gasteiger partial charge in [-0.25, -0.2) is 0 Å². The van der Waals surface area contributed by atoms with Gasteiger partial charge in [-0.3, -0.25) is 4.79 Å². The summed E-state index contributed by atoms with van der Waals surface area (Å²) in [5, 5.41) is 10.9. The molecule has 1 atom stereocenters. The standard InChI is InChI=1S/C36H24F6O2/c37-35(38,39)29-15-11-23(12-16-29)25-19-26(24-13-17-30(18-14-24)36(40,41)42)21-31(20-25)34(32(43)44)22-33(34,27-7-3-1-4-8-27)28-9-5-2-6-10-28/h1-21H,22H2,(H,43,44)/t34-/m0/s1. The van der Waals surface area contributed by atoms with Crippen LogP contribution in [-0.2, 0) is 28.0 Å². The van der Waals surface area contributed by atoms with Gasteiger partial charge in [0.1, 0.15) is 5.41 Å². The normalized spacial score (nSPS) is 17.7. The maximum atomic E-state index is 13.4. The molecule has 0 bridgehead atoms. The zero-order valence-corrected chi connectivity index (χ0v) is 23.0. The second-order valence-electron chi connectivity index (χ2n) is 11.0. The molecule has 222 valence electrons. The van der Waals surface area contributed by atoms with Crippen molar-refractivity contribution in [3.05, 3.63) is 155 Å². The van der Waals surface area contributed by atoms with E-state index in [0.717, 1.165) is 35.4 Å². The third kappa shape index (κ3) is 4.84. The van der Waals surface area contributed by atoms with Gasteiger partial charge in [0, 0.05) is 5.41 Å². The monoisotopic (exact) mass is 602 g/mol. The fourth-order valence-corrected chi connectivity index (χ4v) is 6.30. The molecule has 6 rings (SSSR count). The molecule has 44 heavy (non-hydrogen) atoms. The molecule has 2 nitrogen and oxygen atoms in total. The van der Waals surface area contributed by atoms with Crippen LogP contribution in [0.15, 0.2) is 127 Å². The first kappa shape index (κ1) is 29.2. The first-order valence-corrected chi connectivity index (χ1v) is 13.7. The van der Waals surface area contributed by atoms with Crippen LogP contribution in [0.3, 0.4) is 0 Å². The largest absolute Gasteiger partial charge is 0.481 e. The molecule has 0 spiro atoms. The molecule has 0 heterocycles. The molecule has 5 aromatic rings. The van der Waals surface area contributed by atoms with Gasteiger partial charge < -0.3 is 5.11 Å². The molecule has 0 saturated heterocycles. The smallest absolute Gasteiger partial charge is 0.416 e. The van der Waals surface area contributed by atoms with E-state index in [1.54, 1.807) is 18.2 Å². The number of carbonyl (C=O) groups is 1. The highest BCUT2D eigenvalue weighted by Gasteiger charge is 2.74. The minimum Gasteiger partial charge on any atom is -0.481 e. The average molecular weight is 603 g/mol. The van der Waals surface area contributed by atoms with Crippen molar-refractivity contribution in [1.29, 1.82) is 0 Å². The maximum absolute atomic E-state index is 13.4. The summed E-state index contributed by atoms with van der Waals surface area (Å²) >= 11 is 0. The second kappa shape index (κ2) is 10.4. The molecule has 1 saturated carbocycles. The van der Waals surface area contributed by atoms with Crippen molar-refractivity contribution in [3.63, 3.8) is 0 Å². The van der Waals surface area contributed by atoms with E-state index < -0.39 is 40.3 Å². The Morgan fingerprint density at radius 2 is 0.909 bits per heavy atom. The minimum atomic E-state index is -4.54. The van der Waals surface area contributed by atoms with Crippen LogP contribution in [0.4, 0.5) is 26.3 Å². The summed E-state index contributed by atoms with van der Waals surface area (Å²) in [6.45, 7) is 0. The van der Waals surface area contributed by atoms with E-state index in [9.17, 15) is 36.2 Å². The Kier molecular flexibility index (Phi) is 6.91. The minimum absolute atomic E-state index is 0.201. The SMILES string of the molecule is O=C(O)[C@@]1(c2cc(-c3ccc(C(F)(F)F)cc3)cc(-c3ccc(C(F)(F)F)cc3)c2)CC1(c1ccccc1)c1ccccc1. The van der Waals surface area contributed by atoms with E-state index in [2.05, 4.69) is 0 Å². The Hall–Kier alpha value is -4.85. The Labute approximate surface area is 249 Å². The van der Waals surface area contributed by atoms with Gasteiger partial charge in [-0.15, -0.1) is 0 Å². The van der Waals surface area contributed by atoms with E-state index in [1.807, 2.05) is 60.7 Å². The average Bonchev–Trinajstić information content (AvgIpc) is 3.74. The van der Waals surface area contributed by atoms with Crippen LogP contribution in [0, 0.1) is 0 Å². The van der Waals surface area contributed by atoms with Crippen molar-refractivity contribution in [1.82, 2.24) is 0 Å². The van der Waals surface area contributed by atoms with E-state index in [1.165, 1.54) is 24.3 Å². The summed E-state index contributed by atoms with van der Waals surface area (Å²) in [4.78, 5) is 13.4. The quantitative estimate of drug-likeness (QED) is 0.197. The van der Waals surface area contributed by atoms with Crippen molar-refractivity contribution in [2.45, 2.75) is 29.6 Å². The molecule has 5 aromatic carbocycles. The van der Waals surface area contributed by atoms with Crippen LogP contribution in [0.5, 0.6) is 0 Å². The van der Waals surface area contributed by atoms with E-state index in [0.29, 0.717) is 27.8 Å². The lowest BCUT2D eigenvalue weighted by Crippen LogP contribution is -2.31. The topological polar surface area (TPSA) is 37.3 Å². The number of aliphatic carboxylic acids is 1. The van der Waals surface area contributed by atoms with Crippen molar-refractivity contribution in [2.75, 3.05) is 0 Å². The van der Waals surface area contributed by atoms with Gasteiger partial charge in [0.15, 0.2) is 0 Å². The zero-order chi connectivity index (χ0) is 31.3. The Morgan fingerprint density at radius 1 is 0.523 bits per heavy atom. The lowest BCUT2D eigenvalue weighted by atomic mass is 9.76. The predicted molar refractivity (Wildman–Crippen MR) is 155 cm³/mol. The van der Waals surface area contributed by atoms with Crippen LogP contribution < -0.4 is 0 Å². The molecule has 0 unspecified atom stereocenters. The lowest BCUT2D eigenvalue weighted by Gasteiger charge is -2.26.